The average molecular weight is 213 g/mol. The summed E-state index contributed by atoms with van der Waals surface area (Å²) in [6.45, 7) is 0. The Labute approximate surface area is 93.1 Å². The van der Waals surface area contributed by atoms with Crippen LogP contribution >= 0.6 is 0 Å². The lowest BCUT2D eigenvalue weighted by Gasteiger charge is -1.99. The van der Waals surface area contributed by atoms with Gasteiger partial charge < -0.3 is 5.11 Å². The maximum Gasteiger partial charge on any atom is 0.327 e. The molecule has 1 aromatic heterocycles. The van der Waals surface area contributed by atoms with Crippen LogP contribution in [0.1, 0.15) is 5.69 Å². The molecule has 1 heterocycles. The van der Waals surface area contributed by atoms with Crippen LogP contribution in [-0.2, 0) is 11.2 Å². The Morgan fingerprint density at radius 3 is 2.88 bits per heavy atom. The number of allylic oxidation sites excluding steroid dienone is 1. The van der Waals surface area contributed by atoms with Crippen molar-refractivity contribution in [1.82, 2.24) is 4.98 Å². The molecule has 0 unspecified atom stereocenters. The summed E-state index contributed by atoms with van der Waals surface area (Å²) in [5.41, 5.74) is 1.81. The molecule has 80 valence electrons. The predicted octanol–water partition coefficient (Wildman–Crippen LogP) is 2.42. The van der Waals surface area contributed by atoms with Crippen molar-refractivity contribution in [1.29, 1.82) is 0 Å². The number of hydrogen-bond acceptors (Lipinski definition) is 2. The molecule has 2 rings (SSSR count). The number of rotatable bonds is 3. The first-order chi connectivity index (χ1) is 7.75. The molecule has 2 aromatic rings. The fraction of sp³-hybridized carbons (Fsp3) is 0.0769. The molecule has 1 N–H and O–H groups in total. The van der Waals surface area contributed by atoms with Crippen molar-refractivity contribution in [2.24, 2.45) is 0 Å². The molecule has 0 aliphatic carbocycles. The Bertz CT molecular complexity index is 546. The third-order valence-corrected chi connectivity index (χ3v) is 2.24. The van der Waals surface area contributed by atoms with Crippen molar-refractivity contribution in [3.63, 3.8) is 0 Å². The van der Waals surface area contributed by atoms with Gasteiger partial charge >= 0.3 is 5.97 Å². The number of carboxylic acid groups (broad SMARTS) is 1. The highest BCUT2D eigenvalue weighted by molar-refractivity contribution is 5.80. The van der Waals surface area contributed by atoms with Gasteiger partial charge in [-0.3, -0.25) is 4.98 Å². The molecular weight excluding hydrogens is 202 g/mol. The van der Waals surface area contributed by atoms with E-state index in [0.29, 0.717) is 6.42 Å². The first-order valence-corrected chi connectivity index (χ1v) is 5.00. The summed E-state index contributed by atoms with van der Waals surface area (Å²) in [6, 6.07) is 11.7. The maximum atomic E-state index is 10.3. The van der Waals surface area contributed by atoms with E-state index in [0.717, 1.165) is 22.7 Å². The molecule has 0 radical (unpaired) electrons. The number of benzene rings is 1. The monoisotopic (exact) mass is 213 g/mol. The molecule has 3 heteroatoms. The first kappa shape index (κ1) is 10.4. The zero-order valence-electron chi connectivity index (χ0n) is 8.63. The Kier molecular flexibility index (Phi) is 2.96. The number of fused-ring (bicyclic) bond motifs is 1. The van der Waals surface area contributed by atoms with Gasteiger partial charge in [0, 0.05) is 23.6 Å². The van der Waals surface area contributed by atoms with E-state index in [4.69, 9.17) is 5.11 Å². The predicted molar refractivity (Wildman–Crippen MR) is 62.2 cm³/mol. The standard InChI is InChI=1S/C13H11NO2/c15-13(16)7-3-5-11-9-8-10-4-1-2-6-12(10)14-11/h1-4,6-9H,5H2,(H,15,16). The first-order valence-electron chi connectivity index (χ1n) is 5.00. The minimum atomic E-state index is -0.930. The molecule has 3 nitrogen and oxygen atoms in total. The largest absolute Gasteiger partial charge is 0.478 e. The summed E-state index contributed by atoms with van der Waals surface area (Å²) in [5.74, 6) is -0.930. The van der Waals surface area contributed by atoms with Gasteiger partial charge in [0.05, 0.1) is 5.52 Å². The molecule has 0 amide bonds. The Balaban J connectivity index is 2.23. The number of hydrogen-bond donors (Lipinski definition) is 1. The fourth-order valence-electron chi connectivity index (χ4n) is 1.50. The van der Waals surface area contributed by atoms with E-state index in [-0.39, 0.29) is 0 Å². The number of nitrogens with zero attached hydrogens (tertiary/aromatic N) is 1. The molecule has 0 bridgehead atoms. The second-order valence-corrected chi connectivity index (χ2v) is 3.44. The van der Waals surface area contributed by atoms with Crippen LogP contribution in [0, 0.1) is 0 Å². The highest BCUT2D eigenvalue weighted by Crippen LogP contribution is 2.12. The van der Waals surface area contributed by atoms with Gasteiger partial charge in [0.2, 0.25) is 0 Å². The van der Waals surface area contributed by atoms with Crippen LogP contribution in [0.2, 0.25) is 0 Å². The van der Waals surface area contributed by atoms with Crippen LogP contribution < -0.4 is 0 Å². The van der Waals surface area contributed by atoms with Crippen LogP contribution in [0.15, 0.2) is 48.6 Å². The number of carbonyl (C=O) groups is 1. The highest BCUT2D eigenvalue weighted by Gasteiger charge is 1.96. The van der Waals surface area contributed by atoms with Gasteiger partial charge in [-0.05, 0) is 12.1 Å². The second kappa shape index (κ2) is 4.57. The lowest BCUT2D eigenvalue weighted by Crippen LogP contribution is -1.90. The second-order valence-electron chi connectivity index (χ2n) is 3.44. The van der Waals surface area contributed by atoms with Crippen molar-refractivity contribution in [2.45, 2.75) is 6.42 Å². The van der Waals surface area contributed by atoms with Crippen LogP contribution in [-0.4, -0.2) is 16.1 Å². The average Bonchev–Trinajstić information content (AvgIpc) is 2.28. The molecule has 0 spiro atoms. The van der Waals surface area contributed by atoms with Gasteiger partial charge in [-0.25, -0.2) is 4.79 Å². The molecule has 0 saturated heterocycles. The van der Waals surface area contributed by atoms with E-state index in [1.807, 2.05) is 36.4 Å². The van der Waals surface area contributed by atoms with E-state index < -0.39 is 5.97 Å². The Hall–Kier alpha value is -2.16. The molecule has 0 aliphatic rings. The summed E-state index contributed by atoms with van der Waals surface area (Å²) < 4.78 is 0. The lowest BCUT2D eigenvalue weighted by molar-refractivity contribution is -0.131. The van der Waals surface area contributed by atoms with Gasteiger partial charge in [0.1, 0.15) is 0 Å². The maximum absolute atomic E-state index is 10.3. The molecule has 0 aliphatic heterocycles. The van der Waals surface area contributed by atoms with Gasteiger partial charge in [-0.15, -0.1) is 0 Å². The van der Waals surface area contributed by atoms with E-state index in [1.165, 1.54) is 0 Å². The molecular formula is C13H11NO2. The topological polar surface area (TPSA) is 50.2 Å². The Morgan fingerprint density at radius 1 is 1.25 bits per heavy atom. The summed E-state index contributed by atoms with van der Waals surface area (Å²) in [5, 5.41) is 9.55. The number of para-hydroxylation sites is 1. The Morgan fingerprint density at radius 2 is 2.06 bits per heavy atom. The smallest absolute Gasteiger partial charge is 0.327 e. The van der Waals surface area contributed by atoms with E-state index in [9.17, 15) is 4.79 Å². The molecule has 16 heavy (non-hydrogen) atoms. The van der Waals surface area contributed by atoms with Crippen molar-refractivity contribution in [3.05, 3.63) is 54.2 Å². The van der Waals surface area contributed by atoms with Crippen molar-refractivity contribution in [2.75, 3.05) is 0 Å². The zero-order chi connectivity index (χ0) is 11.4. The third-order valence-electron chi connectivity index (χ3n) is 2.24. The quantitative estimate of drug-likeness (QED) is 0.796. The summed E-state index contributed by atoms with van der Waals surface area (Å²) in [7, 11) is 0. The van der Waals surface area contributed by atoms with E-state index >= 15 is 0 Å². The van der Waals surface area contributed by atoms with E-state index in [1.54, 1.807) is 6.08 Å². The van der Waals surface area contributed by atoms with Gasteiger partial charge in [-0.1, -0.05) is 30.3 Å². The minimum Gasteiger partial charge on any atom is -0.478 e. The van der Waals surface area contributed by atoms with Gasteiger partial charge in [0.15, 0.2) is 0 Å². The zero-order valence-corrected chi connectivity index (χ0v) is 8.63. The van der Waals surface area contributed by atoms with Gasteiger partial charge in [0.25, 0.3) is 0 Å². The van der Waals surface area contributed by atoms with Crippen molar-refractivity contribution in [3.8, 4) is 0 Å². The minimum absolute atomic E-state index is 0.539. The molecule has 0 saturated carbocycles. The third kappa shape index (κ3) is 2.45. The fourth-order valence-corrected chi connectivity index (χ4v) is 1.50. The normalized spacial score (nSPS) is 11.0. The summed E-state index contributed by atoms with van der Waals surface area (Å²) in [4.78, 5) is 14.7. The number of aliphatic carboxylic acids is 1. The SMILES string of the molecule is O=C(O)C=CCc1ccc2ccccc2n1. The van der Waals surface area contributed by atoms with Crippen LogP contribution in [0.5, 0.6) is 0 Å². The van der Waals surface area contributed by atoms with Crippen LogP contribution in [0.3, 0.4) is 0 Å². The van der Waals surface area contributed by atoms with Crippen LogP contribution in [0.4, 0.5) is 0 Å². The van der Waals surface area contributed by atoms with Crippen molar-refractivity contribution >= 4 is 16.9 Å². The summed E-state index contributed by atoms with van der Waals surface area (Å²) in [6.07, 6.45) is 3.27. The van der Waals surface area contributed by atoms with Crippen molar-refractivity contribution < 1.29 is 9.90 Å². The van der Waals surface area contributed by atoms with Crippen LogP contribution in [0.25, 0.3) is 10.9 Å². The van der Waals surface area contributed by atoms with E-state index in [2.05, 4.69) is 4.98 Å². The molecule has 0 atom stereocenters. The number of pyridine rings is 1. The molecule has 1 aromatic carbocycles. The highest BCUT2D eigenvalue weighted by atomic mass is 16.4. The van der Waals surface area contributed by atoms with Gasteiger partial charge in [-0.2, -0.15) is 0 Å². The lowest BCUT2D eigenvalue weighted by atomic mass is 10.2. The number of aromatic nitrogens is 1. The summed E-state index contributed by atoms with van der Waals surface area (Å²) >= 11 is 0. The number of carboxylic acids is 1. The molecule has 0 fully saturated rings.